The number of aryl methyl sites for hydroxylation is 3. The van der Waals surface area contributed by atoms with Crippen LogP contribution in [0, 0.1) is 13.8 Å². The molecule has 0 saturated heterocycles. The standard InChI is InChI=1S/C13H18N2OS/c1-9-10(2)17-13(15-9)8-11(14)5-6-12-4-3-7-16-12/h3-4,7,11H,5-6,8,14H2,1-2H3. The van der Waals surface area contributed by atoms with Crippen LogP contribution < -0.4 is 5.73 Å². The fraction of sp³-hybridized carbons (Fsp3) is 0.462. The SMILES string of the molecule is Cc1nc(CC(N)CCc2ccco2)sc1C. The Morgan fingerprint density at radius 1 is 1.47 bits per heavy atom. The number of furan rings is 1. The fourth-order valence-corrected chi connectivity index (χ4v) is 2.76. The summed E-state index contributed by atoms with van der Waals surface area (Å²) in [5.41, 5.74) is 7.23. The van der Waals surface area contributed by atoms with Crippen LogP contribution in [-0.2, 0) is 12.8 Å². The first-order valence-electron chi connectivity index (χ1n) is 5.86. The van der Waals surface area contributed by atoms with Crippen molar-refractivity contribution in [2.45, 2.75) is 39.2 Å². The lowest BCUT2D eigenvalue weighted by Crippen LogP contribution is -2.23. The average Bonchev–Trinajstić information content (AvgIpc) is 2.87. The van der Waals surface area contributed by atoms with E-state index in [1.165, 1.54) is 4.88 Å². The van der Waals surface area contributed by atoms with Gasteiger partial charge in [-0.3, -0.25) is 0 Å². The van der Waals surface area contributed by atoms with Gasteiger partial charge in [0.15, 0.2) is 0 Å². The maximum Gasteiger partial charge on any atom is 0.103 e. The molecular weight excluding hydrogens is 232 g/mol. The normalized spacial score (nSPS) is 12.9. The molecule has 2 N–H and O–H groups in total. The Kier molecular flexibility index (Phi) is 3.97. The molecule has 0 fully saturated rings. The van der Waals surface area contributed by atoms with Gasteiger partial charge in [-0.05, 0) is 32.4 Å². The van der Waals surface area contributed by atoms with Gasteiger partial charge in [-0.2, -0.15) is 0 Å². The highest BCUT2D eigenvalue weighted by atomic mass is 32.1. The van der Waals surface area contributed by atoms with Crippen molar-refractivity contribution in [1.82, 2.24) is 4.98 Å². The molecule has 1 unspecified atom stereocenters. The zero-order chi connectivity index (χ0) is 12.3. The summed E-state index contributed by atoms with van der Waals surface area (Å²) in [5, 5.41) is 1.15. The van der Waals surface area contributed by atoms with Crippen LogP contribution in [0.5, 0.6) is 0 Å². The second-order valence-electron chi connectivity index (χ2n) is 4.33. The van der Waals surface area contributed by atoms with E-state index in [0.29, 0.717) is 0 Å². The van der Waals surface area contributed by atoms with Gasteiger partial charge in [-0.1, -0.05) is 0 Å². The minimum Gasteiger partial charge on any atom is -0.469 e. The van der Waals surface area contributed by atoms with Crippen LogP contribution in [-0.4, -0.2) is 11.0 Å². The summed E-state index contributed by atoms with van der Waals surface area (Å²) < 4.78 is 5.29. The van der Waals surface area contributed by atoms with Gasteiger partial charge in [0.25, 0.3) is 0 Å². The molecule has 3 nitrogen and oxygen atoms in total. The molecule has 1 atom stereocenters. The Morgan fingerprint density at radius 2 is 2.29 bits per heavy atom. The number of hydrogen-bond donors (Lipinski definition) is 1. The molecular formula is C13H18N2OS. The van der Waals surface area contributed by atoms with Crippen molar-refractivity contribution in [3.63, 3.8) is 0 Å². The molecule has 0 aliphatic rings. The Balaban J connectivity index is 1.82. The van der Waals surface area contributed by atoms with Gasteiger partial charge in [0, 0.05) is 23.8 Å². The Hall–Kier alpha value is -1.13. The Bertz CT molecular complexity index is 442. The predicted molar refractivity (Wildman–Crippen MR) is 70.3 cm³/mol. The molecule has 92 valence electrons. The molecule has 0 spiro atoms. The van der Waals surface area contributed by atoms with Gasteiger partial charge >= 0.3 is 0 Å². The maximum absolute atomic E-state index is 6.11. The van der Waals surface area contributed by atoms with E-state index in [0.717, 1.165) is 35.7 Å². The number of thiazole rings is 1. The number of nitrogens with zero attached hydrogens (tertiary/aromatic N) is 1. The summed E-state index contributed by atoms with van der Waals surface area (Å²) in [5.74, 6) is 1.01. The van der Waals surface area contributed by atoms with Crippen LogP contribution in [0.25, 0.3) is 0 Å². The van der Waals surface area contributed by atoms with Gasteiger partial charge < -0.3 is 10.2 Å². The highest BCUT2D eigenvalue weighted by Gasteiger charge is 2.10. The van der Waals surface area contributed by atoms with Gasteiger partial charge in [0.1, 0.15) is 5.76 Å². The van der Waals surface area contributed by atoms with Crippen LogP contribution in [0.1, 0.15) is 27.8 Å². The first-order valence-corrected chi connectivity index (χ1v) is 6.67. The van der Waals surface area contributed by atoms with Crippen molar-refractivity contribution in [1.29, 1.82) is 0 Å². The molecule has 0 amide bonds. The summed E-state index contributed by atoms with van der Waals surface area (Å²) >= 11 is 1.75. The number of rotatable bonds is 5. The van der Waals surface area contributed by atoms with Crippen molar-refractivity contribution < 1.29 is 4.42 Å². The van der Waals surface area contributed by atoms with Crippen molar-refractivity contribution >= 4 is 11.3 Å². The predicted octanol–water partition coefficient (Wildman–Crippen LogP) is 2.86. The second kappa shape index (κ2) is 5.47. The molecule has 0 bridgehead atoms. The number of nitrogens with two attached hydrogens (primary N) is 1. The van der Waals surface area contributed by atoms with E-state index in [4.69, 9.17) is 10.2 Å². The highest BCUT2D eigenvalue weighted by Crippen LogP contribution is 2.18. The molecule has 2 rings (SSSR count). The van der Waals surface area contributed by atoms with Gasteiger partial charge in [0.05, 0.1) is 17.0 Å². The largest absolute Gasteiger partial charge is 0.469 e. The van der Waals surface area contributed by atoms with E-state index in [1.807, 2.05) is 19.1 Å². The summed E-state index contributed by atoms with van der Waals surface area (Å²) in [6, 6.07) is 4.06. The number of hydrogen-bond acceptors (Lipinski definition) is 4. The third-order valence-corrected chi connectivity index (χ3v) is 3.95. The van der Waals surface area contributed by atoms with Gasteiger partial charge in [0.2, 0.25) is 0 Å². The molecule has 0 aromatic carbocycles. The zero-order valence-electron chi connectivity index (χ0n) is 10.3. The summed E-state index contributed by atoms with van der Waals surface area (Å²) in [4.78, 5) is 5.80. The molecule has 2 aromatic rings. The molecule has 4 heteroatoms. The topological polar surface area (TPSA) is 52.0 Å². The third-order valence-electron chi connectivity index (χ3n) is 2.85. The second-order valence-corrected chi connectivity index (χ2v) is 5.62. The van der Waals surface area contributed by atoms with Crippen LogP contribution in [0.15, 0.2) is 22.8 Å². The monoisotopic (exact) mass is 250 g/mol. The molecule has 0 radical (unpaired) electrons. The lowest BCUT2D eigenvalue weighted by atomic mass is 10.1. The van der Waals surface area contributed by atoms with Crippen LogP contribution in [0.3, 0.4) is 0 Å². The summed E-state index contributed by atoms with van der Waals surface area (Å²) in [6.45, 7) is 4.15. The molecule has 0 aliphatic carbocycles. The fourth-order valence-electron chi connectivity index (χ4n) is 1.74. The third kappa shape index (κ3) is 3.41. The van der Waals surface area contributed by atoms with Crippen molar-refractivity contribution in [2.24, 2.45) is 5.73 Å². The Morgan fingerprint density at radius 3 is 2.88 bits per heavy atom. The Labute approximate surface area is 106 Å². The minimum absolute atomic E-state index is 0.157. The van der Waals surface area contributed by atoms with Gasteiger partial charge in [-0.25, -0.2) is 4.98 Å². The summed E-state index contributed by atoms with van der Waals surface area (Å²) in [6.07, 6.45) is 4.40. The minimum atomic E-state index is 0.157. The zero-order valence-corrected chi connectivity index (χ0v) is 11.1. The van der Waals surface area contributed by atoms with Crippen molar-refractivity contribution in [3.05, 3.63) is 39.7 Å². The molecule has 0 saturated carbocycles. The quantitative estimate of drug-likeness (QED) is 0.887. The maximum atomic E-state index is 6.11. The molecule has 17 heavy (non-hydrogen) atoms. The highest BCUT2D eigenvalue weighted by molar-refractivity contribution is 7.11. The average molecular weight is 250 g/mol. The van der Waals surface area contributed by atoms with E-state index < -0.39 is 0 Å². The van der Waals surface area contributed by atoms with E-state index in [9.17, 15) is 0 Å². The van der Waals surface area contributed by atoms with Crippen LogP contribution in [0.4, 0.5) is 0 Å². The first kappa shape index (κ1) is 12.3. The smallest absolute Gasteiger partial charge is 0.103 e. The van der Waals surface area contributed by atoms with E-state index >= 15 is 0 Å². The lowest BCUT2D eigenvalue weighted by molar-refractivity contribution is 0.483. The van der Waals surface area contributed by atoms with Gasteiger partial charge in [-0.15, -0.1) is 11.3 Å². The van der Waals surface area contributed by atoms with E-state index in [2.05, 4.69) is 11.9 Å². The van der Waals surface area contributed by atoms with Crippen LogP contribution in [0.2, 0.25) is 0 Å². The summed E-state index contributed by atoms with van der Waals surface area (Å²) in [7, 11) is 0. The first-order chi connectivity index (χ1) is 8.15. The van der Waals surface area contributed by atoms with E-state index in [1.54, 1.807) is 17.6 Å². The van der Waals surface area contributed by atoms with Crippen molar-refractivity contribution in [2.75, 3.05) is 0 Å². The van der Waals surface area contributed by atoms with E-state index in [-0.39, 0.29) is 6.04 Å². The van der Waals surface area contributed by atoms with Crippen LogP contribution >= 0.6 is 11.3 Å². The molecule has 0 aliphatic heterocycles. The lowest BCUT2D eigenvalue weighted by Gasteiger charge is -2.07. The molecule has 2 aromatic heterocycles. The number of aromatic nitrogens is 1. The molecule has 2 heterocycles. The van der Waals surface area contributed by atoms with Crippen molar-refractivity contribution in [3.8, 4) is 0 Å².